The van der Waals surface area contributed by atoms with Crippen LogP contribution in [0, 0.1) is 6.92 Å². The number of nitrogens with one attached hydrogen (secondary N) is 1. The number of thiophene rings is 1. The molecule has 96 valence electrons. The van der Waals surface area contributed by atoms with Gasteiger partial charge in [0.1, 0.15) is 0 Å². The molecule has 1 unspecified atom stereocenters. The van der Waals surface area contributed by atoms with Crippen molar-refractivity contribution in [1.29, 1.82) is 0 Å². The molecule has 0 fully saturated rings. The van der Waals surface area contributed by atoms with E-state index in [-0.39, 0.29) is 0 Å². The Hall–Kier alpha value is -0.830. The smallest absolute Gasteiger partial charge is 0.0438 e. The fourth-order valence-electron chi connectivity index (χ4n) is 2.20. The van der Waals surface area contributed by atoms with Crippen molar-refractivity contribution >= 4 is 22.9 Å². The van der Waals surface area contributed by atoms with Crippen LogP contribution < -0.4 is 5.32 Å². The van der Waals surface area contributed by atoms with E-state index in [0.29, 0.717) is 6.04 Å². The summed E-state index contributed by atoms with van der Waals surface area (Å²) in [6.07, 6.45) is 2.20. The molecule has 0 aliphatic heterocycles. The van der Waals surface area contributed by atoms with Crippen LogP contribution in [0.1, 0.15) is 28.5 Å². The van der Waals surface area contributed by atoms with Crippen molar-refractivity contribution in [2.24, 2.45) is 0 Å². The average molecular weight is 280 g/mol. The third-order valence-electron chi connectivity index (χ3n) is 3.29. The lowest BCUT2D eigenvalue weighted by Gasteiger charge is -2.19. The first-order valence-electron chi connectivity index (χ1n) is 6.17. The van der Waals surface area contributed by atoms with Crippen molar-refractivity contribution in [2.75, 3.05) is 7.05 Å². The molecule has 0 saturated heterocycles. The number of aryl methyl sites for hydroxylation is 1. The Labute approximate surface area is 118 Å². The molecule has 1 aromatic carbocycles. The van der Waals surface area contributed by atoms with Gasteiger partial charge in [-0.1, -0.05) is 29.8 Å². The molecule has 1 aromatic heterocycles. The summed E-state index contributed by atoms with van der Waals surface area (Å²) in [5, 5.41) is 6.38. The summed E-state index contributed by atoms with van der Waals surface area (Å²) in [6.45, 7) is 2.09. The zero-order chi connectivity index (χ0) is 13.0. The largest absolute Gasteiger partial charge is 0.313 e. The van der Waals surface area contributed by atoms with Gasteiger partial charge in [0.15, 0.2) is 0 Å². The zero-order valence-electron chi connectivity index (χ0n) is 10.7. The van der Waals surface area contributed by atoms with Gasteiger partial charge >= 0.3 is 0 Å². The van der Waals surface area contributed by atoms with Crippen molar-refractivity contribution in [2.45, 2.75) is 25.8 Å². The van der Waals surface area contributed by atoms with Crippen molar-refractivity contribution in [1.82, 2.24) is 5.32 Å². The zero-order valence-corrected chi connectivity index (χ0v) is 12.3. The molecule has 2 rings (SSSR count). The first kappa shape index (κ1) is 13.6. The van der Waals surface area contributed by atoms with Crippen molar-refractivity contribution in [3.63, 3.8) is 0 Å². The highest BCUT2D eigenvalue weighted by Gasteiger charge is 2.13. The van der Waals surface area contributed by atoms with E-state index in [1.54, 1.807) is 0 Å². The lowest BCUT2D eigenvalue weighted by Crippen LogP contribution is -2.18. The monoisotopic (exact) mass is 279 g/mol. The van der Waals surface area contributed by atoms with Crippen molar-refractivity contribution in [3.8, 4) is 0 Å². The molecule has 0 radical (unpaired) electrons. The quantitative estimate of drug-likeness (QED) is 0.843. The van der Waals surface area contributed by atoms with Crippen LogP contribution in [0.2, 0.25) is 5.02 Å². The SMILES string of the molecule is CNC(CCc1cccs1)c1cccc(Cl)c1C. The Morgan fingerprint density at radius 2 is 2.11 bits per heavy atom. The van der Waals surface area contributed by atoms with Crippen LogP contribution in [0.3, 0.4) is 0 Å². The molecule has 1 heterocycles. The maximum atomic E-state index is 6.19. The lowest BCUT2D eigenvalue weighted by molar-refractivity contribution is 0.549. The highest BCUT2D eigenvalue weighted by Crippen LogP contribution is 2.27. The summed E-state index contributed by atoms with van der Waals surface area (Å²) in [5.74, 6) is 0. The Bertz CT molecular complexity index is 493. The van der Waals surface area contributed by atoms with Gasteiger partial charge in [-0.15, -0.1) is 11.3 Å². The van der Waals surface area contributed by atoms with Crippen molar-refractivity contribution in [3.05, 3.63) is 56.7 Å². The maximum absolute atomic E-state index is 6.19. The summed E-state index contributed by atoms with van der Waals surface area (Å²) in [4.78, 5) is 1.44. The highest BCUT2D eigenvalue weighted by molar-refractivity contribution is 7.09. The van der Waals surface area contributed by atoms with Gasteiger partial charge in [-0.05, 0) is 55.5 Å². The van der Waals surface area contributed by atoms with Crippen LogP contribution in [0.4, 0.5) is 0 Å². The van der Waals surface area contributed by atoms with E-state index in [4.69, 9.17) is 11.6 Å². The molecule has 0 bridgehead atoms. The van der Waals surface area contributed by atoms with Gasteiger partial charge in [0, 0.05) is 15.9 Å². The van der Waals surface area contributed by atoms with Gasteiger partial charge in [0.25, 0.3) is 0 Å². The molecule has 1 nitrogen and oxygen atoms in total. The summed E-state index contributed by atoms with van der Waals surface area (Å²) >= 11 is 8.01. The second kappa shape index (κ2) is 6.37. The summed E-state index contributed by atoms with van der Waals surface area (Å²) in [6, 6.07) is 10.8. The van der Waals surface area contributed by atoms with Crippen LogP contribution in [0.25, 0.3) is 0 Å². The molecule has 0 amide bonds. The van der Waals surface area contributed by atoms with Gasteiger partial charge < -0.3 is 5.32 Å². The molecular formula is C15H18ClNS. The molecule has 2 aromatic rings. The average Bonchev–Trinajstić information content (AvgIpc) is 2.88. The Kier molecular flexibility index (Phi) is 4.81. The van der Waals surface area contributed by atoms with E-state index in [9.17, 15) is 0 Å². The highest BCUT2D eigenvalue weighted by atomic mass is 35.5. The van der Waals surface area contributed by atoms with E-state index in [2.05, 4.69) is 35.8 Å². The third-order valence-corrected chi connectivity index (χ3v) is 4.64. The standard InChI is InChI=1S/C15H18ClNS/c1-11-13(6-3-7-14(11)16)15(17-2)9-8-12-5-4-10-18-12/h3-7,10,15,17H,8-9H2,1-2H3. The van der Waals surface area contributed by atoms with E-state index in [1.165, 1.54) is 16.0 Å². The number of hydrogen-bond acceptors (Lipinski definition) is 2. The van der Waals surface area contributed by atoms with E-state index in [0.717, 1.165) is 17.9 Å². The second-order valence-electron chi connectivity index (χ2n) is 4.41. The number of halogens is 1. The van der Waals surface area contributed by atoms with Gasteiger partial charge in [-0.3, -0.25) is 0 Å². The summed E-state index contributed by atoms with van der Waals surface area (Å²) < 4.78 is 0. The summed E-state index contributed by atoms with van der Waals surface area (Å²) in [7, 11) is 2.01. The Morgan fingerprint density at radius 3 is 2.78 bits per heavy atom. The number of hydrogen-bond donors (Lipinski definition) is 1. The molecule has 1 atom stereocenters. The van der Waals surface area contributed by atoms with E-state index < -0.39 is 0 Å². The van der Waals surface area contributed by atoms with Crippen LogP contribution in [0.5, 0.6) is 0 Å². The Morgan fingerprint density at radius 1 is 1.28 bits per heavy atom. The minimum Gasteiger partial charge on any atom is -0.313 e. The van der Waals surface area contributed by atoms with Crippen molar-refractivity contribution < 1.29 is 0 Å². The van der Waals surface area contributed by atoms with Gasteiger partial charge in [-0.25, -0.2) is 0 Å². The molecule has 0 spiro atoms. The number of rotatable bonds is 5. The molecule has 0 aliphatic rings. The molecule has 1 N–H and O–H groups in total. The van der Waals surface area contributed by atoms with Crippen LogP contribution in [-0.4, -0.2) is 7.05 Å². The maximum Gasteiger partial charge on any atom is 0.0438 e. The molecule has 3 heteroatoms. The molecule has 0 saturated carbocycles. The fraction of sp³-hybridized carbons (Fsp3) is 0.333. The minimum absolute atomic E-state index is 0.366. The molecular weight excluding hydrogens is 262 g/mol. The van der Waals surface area contributed by atoms with Gasteiger partial charge in [-0.2, -0.15) is 0 Å². The fourth-order valence-corrected chi connectivity index (χ4v) is 3.11. The first-order valence-corrected chi connectivity index (χ1v) is 7.42. The van der Waals surface area contributed by atoms with Gasteiger partial charge in [0.2, 0.25) is 0 Å². The van der Waals surface area contributed by atoms with Gasteiger partial charge in [0.05, 0.1) is 0 Å². The molecule has 0 aliphatic carbocycles. The van der Waals surface area contributed by atoms with Crippen LogP contribution >= 0.6 is 22.9 Å². The topological polar surface area (TPSA) is 12.0 Å². The van der Waals surface area contributed by atoms with E-state index >= 15 is 0 Å². The minimum atomic E-state index is 0.366. The van der Waals surface area contributed by atoms with E-state index in [1.807, 2.05) is 30.5 Å². The second-order valence-corrected chi connectivity index (χ2v) is 5.85. The third kappa shape index (κ3) is 3.14. The predicted molar refractivity (Wildman–Crippen MR) is 80.6 cm³/mol. The Balaban J connectivity index is 2.10. The molecule has 18 heavy (non-hydrogen) atoms. The number of benzene rings is 1. The lowest BCUT2D eigenvalue weighted by atomic mass is 9.97. The normalized spacial score (nSPS) is 12.6. The van der Waals surface area contributed by atoms with Crippen LogP contribution in [0.15, 0.2) is 35.7 Å². The first-order chi connectivity index (χ1) is 8.72. The van der Waals surface area contributed by atoms with Crippen LogP contribution in [-0.2, 0) is 6.42 Å². The predicted octanol–water partition coefficient (Wildman–Crippen LogP) is 4.60. The summed E-state index contributed by atoms with van der Waals surface area (Å²) in [5.41, 5.74) is 2.49.